The number of nitrogens with one attached hydrogen (secondary N) is 1. The summed E-state index contributed by atoms with van der Waals surface area (Å²) >= 11 is 1.01. The van der Waals surface area contributed by atoms with Crippen LogP contribution in [0.4, 0.5) is 11.4 Å². The molecule has 2 heterocycles. The van der Waals surface area contributed by atoms with E-state index in [9.17, 15) is 14.9 Å². The molecule has 0 saturated heterocycles. The third kappa shape index (κ3) is 4.38. The summed E-state index contributed by atoms with van der Waals surface area (Å²) in [6.45, 7) is 1.15. The van der Waals surface area contributed by atoms with Gasteiger partial charge in [0.05, 0.1) is 23.9 Å². The molecule has 130 valence electrons. The Hall–Kier alpha value is -2.81. The van der Waals surface area contributed by atoms with E-state index in [1.807, 2.05) is 0 Å². The standard InChI is InChI=1S/C16H15N3O5S/c20-15(10-25-16-12(19(21)22)3-1-6-17-16)18-11-4-5-13-14(9-11)24-8-2-7-23-13/h1,3-6,9H,2,7-8,10H2,(H,18,20). The van der Waals surface area contributed by atoms with E-state index >= 15 is 0 Å². The van der Waals surface area contributed by atoms with Crippen LogP contribution in [0.2, 0.25) is 0 Å². The molecule has 9 heteroatoms. The summed E-state index contributed by atoms with van der Waals surface area (Å²) in [6, 6.07) is 8.01. The number of benzene rings is 1. The molecule has 2 aromatic rings. The Kier molecular flexibility index (Phi) is 5.34. The average Bonchev–Trinajstić information content (AvgIpc) is 2.85. The van der Waals surface area contributed by atoms with Gasteiger partial charge in [0.2, 0.25) is 5.91 Å². The number of rotatable bonds is 5. The Morgan fingerprint density at radius 2 is 2.08 bits per heavy atom. The summed E-state index contributed by atoms with van der Waals surface area (Å²) in [4.78, 5) is 26.5. The second kappa shape index (κ2) is 7.84. The van der Waals surface area contributed by atoms with Gasteiger partial charge in [-0.2, -0.15) is 0 Å². The topological polar surface area (TPSA) is 104 Å². The first kappa shape index (κ1) is 17.0. The van der Waals surface area contributed by atoms with Crippen molar-refractivity contribution in [2.45, 2.75) is 11.4 Å². The fourth-order valence-corrected chi connectivity index (χ4v) is 2.97. The van der Waals surface area contributed by atoms with E-state index in [4.69, 9.17) is 9.47 Å². The van der Waals surface area contributed by atoms with Gasteiger partial charge in [0, 0.05) is 30.4 Å². The van der Waals surface area contributed by atoms with E-state index in [1.54, 1.807) is 18.2 Å². The summed E-state index contributed by atoms with van der Waals surface area (Å²) in [5, 5.41) is 13.9. The van der Waals surface area contributed by atoms with Crippen molar-refractivity contribution in [1.82, 2.24) is 4.98 Å². The minimum Gasteiger partial charge on any atom is -0.490 e. The number of fused-ring (bicyclic) bond motifs is 1. The Morgan fingerprint density at radius 1 is 1.28 bits per heavy atom. The maximum absolute atomic E-state index is 12.1. The van der Waals surface area contributed by atoms with E-state index in [1.165, 1.54) is 18.3 Å². The Balaban J connectivity index is 1.62. The van der Waals surface area contributed by atoms with Crippen molar-refractivity contribution < 1.29 is 19.2 Å². The zero-order valence-electron chi connectivity index (χ0n) is 13.1. The van der Waals surface area contributed by atoms with E-state index in [2.05, 4.69) is 10.3 Å². The van der Waals surface area contributed by atoms with Crippen LogP contribution in [0.5, 0.6) is 11.5 Å². The lowest BCUT2D eigenvalue weighted by atomic mass is 10.2. The van der Waals surface area contributed by atoms with Gasteiger partial charge in [-0.05, 0) is 18.2 Å². The second-order valence-electron chi connectivity index (χ2n) is 5.13. The summed E-state index contributed by atoms with van der Waals surface area (Å²) in [7, 11) is 0. The van der Waals surface area contributed by atoms with Gasteiger partial charge in [-0.15, -0.1) is 0 Å². The molecule has 1 aliphatic rings. The number of ether oxygens (including phenoxy) is 2. The number of carbonyl (C=O) groups excluding carboxylic acids is 1. The van der Waals surface area contributed by atoms with E-state index in [-0.39, 0.29) is 22.4 Å². The predicted molar refractivity (Wildman–Crippen MR) is 92.3 cm³/mol. The molecule has 1 aliphatic heterocycles. The number of hydrogen-bond acceptors (Lipinski definition) is 7. The van der Waals surface area contributed by atoms with Crippen LogP contribution in [0.15, 0.2) is 41.6 Å². The normalized spacial score (nSPS) is 13.0. The molecule has 0 spiro atoms. The van der Waals surface area contributed by atoms with Crippen LogP contribution in [0, 0.1) is 10.1 Å². The van der Waals surface area contributed by atoms with E-state index in [0.29, 0.717) is 30.4 Å². The summed E-state index contributed by atoms with van der Waals surface area (Å²) < 4.78 is 11.1. The van der Waals surface area contributed by atoms with Crippen molar-refractivity contribution >= 4 is 29.0 Å². The summed E-state index contributed by atoms with van der Waals surface area (Å²) in [6.07, 6.45) is 2.26. The largest absolute Gasteiger partial charge is 0.490 e. The highest BCUT2D eigenvalue weighted by atomic mass is 32.2. The van der Waals surface area contributed by atoms with Crippen molar-refractivity contribution in [3.05, 3.63) is 46.6 Å². The highest BCUT2D eigenvalue weighted by molar-refractivity contribution is 8.00. The number of anilines is 1. The predicted octanol–water partition coefficient (Wildman–Crippen LogP) is 2.88. The molecule has 3 rings (SSSR count). The van der Waals surface area contributed by atoms with E-state index < -0.39 is 4.92 Å². The monoisotopic (exact) mass is 361 g/mol. The number of aromatic nitrogens is 1. The van der Waals surface area contributed by atoms with Gasteiger partial charge in [-0.3, -0.25) is 14.9 Å². The molecule has 0 fully saturated rings. The third-order valence-electron chi connectivity index (χ3n) is 3.32. The Labute approximate surface area is 147 Å². The molecule has 8 nitrogen and oxygen atoms in total. The van der Waals surface area contributed by atoms with Gasteiger partial charge < -0.3 is 14.8 Å². The first-order chi connectivity index (χ1) is 12.1. The first-order valence-corrected chi connectivity index (χ1v) is 8.54. The molecule has 0 unspecified atom stereocenters. The van der Waals surface area contributed by atoms with Gasteiger partial charge in [-0.25, -0.2) is 4.98 Å². The highest BCUT2D eigenvalue weighted by Gasteiger charge is 2.16. The molecule has 1 N–H and O–H groups in total. The van der Waals surface area contributed by atoms with Crippen molar-refractivity contribution in [3.8, 4) is 11.5 Å². The van der Waals surface area contributed by atoms with Crippen molar-refractivity contribution in [1.29, 1.82) is 0 Å². The minimum atomic E-state index is -0.517. The van der Waals surface area contributed by atoms with Crippen LogP contribution in [0.25, 0.3) is 0 Å². The highest BCUT2D eigenvalue weighted by Crippen LogP contribution is 2.32. The van der Waals surface area contributed by atoms with Crippen LogP contribution in [-0.4, -0.2) is 34.8 Å². The Bertz CT molecular complexity index is 799. The zero-order valence-corrected chi connectivity index (χ0v) is 14.0. The van der Waals surface area contributed by atoms with Crippen LogP contribution in [0.1, 0.15) is 6.42 Å². The first-order valence-electron chi connectivity index (χ1n) is 7.55. The molecule has 0 saturated carbocycles. The molecule has 1 aromatic carbocycles. The van der Waals surface area contributed by atoms with Gasteiger partial charge in [-0.1, -0.05) is 11.8 Å². The second-order valence-corrected chi connectivity index (χ2v) is 6.10. The molecular weight excluding hydrogens is 346 g/mol. The molecule has 0 bridgehead atoms. The Morgan fingerprint density at radius 3 is 2.88 bits per heavy atom. The van der Waals surface area contributed by atoms with Gasteiger partial charge in [0.15, 0.2) is 16.5 Å². The van der Waals surface area contributed by atoms with Crippen molar-refractivity contribution in [2.75, 3.05) is 24.3 Å². The quantitative estimate of drug-likeness (QED) is 0.496. The van der Waals surface area contributed by atoms with Gasteiger partial charge >= 0.3 is 5.69 Å². The van der Waals surface area contributed by atoms with Crippen LogP contribution in [0.3, 0.4) is 0 Å². The average molecular weight is 361 g/mol. The van der Waals surface area contributed by atoms with Crippen LogP contribution in [-0.2, 0) is 4.79 Å². The van der Waals surface area contributed by atoms with E-state index in [0.717, 1.165) is 18.2 Å². The minimum absolute atomic E-state index is 0.00625. The number of carbonyl (C=O) groups is 1. The molecule has 25 heavy (non-hydrogen) atoms. The number of pyridine rings is 1. The van der Waals surface area contributed by atoms with Crippen LogP contribution >= 0.6 is 11.8 Å². The van der Waals surface area contributed by atoms with Crippen molar-refractivity contribution in [3.63, 3.8) is 0 Å². The maximum atomic E-state index is 12.1. The molecule has 0 atom stereocenters. The number of nitro groups is 1. The van der Waals surface area contributed by atoms with Gasteiger partial charge in [0.1, 0.15) is 0 Å². The lowest BCUT2D eigenvalue weighted by Crippen LogP contribution is -2.14. The number of hydrogen-bond donors (Lipinski definition) is 1. The van der Waals surface area contributed by atoms with Gasteiger partial charge in [0.25, 0.3) is 0 Å². The number of thioether (sulfide) groups is 1. The SMILES string of the molecule is O=C(CSc1ncccc1[N+](=O)[O-])Nc1ccc2c(c1)OCCCO2. The molecule has 1 amide bonds. The molecular formula is C16H15N3O5S. The summed E-state index contributed by atoms with van der Waals surface area (Å²) in [5.41, 5.74) is 0.459. The zero-order chi connectivity index (χ0) is 17.6. The fourth-order valence-electron chi connectivity index (χ4n) is 2.20. The number of nitrogens with zero attached hydrogens (tertiary/aromatic N) is 2. The molecule has 1 aromatic heterocycles. The number of amides is 1. The van der Waals surface area contributed by atoms with Crippen molar-refractivity contribution in [2.24, 2.45) is 0 Å². The fraction of sp³-hybridized carbons (Fsp3) is 0.250. The molecule has 0 radical (unpaired) electrons. The van der Waals surface area contributed by atoms with Crippen LogP contribution < -0.4 is 14.8 Å². The maximum Gasteiger partial charge on any atom is 0.301 e. The third-order valence-corrected chi connectivity index (χ3v) is 4.31. The smallest absolute Gasteiger partial charge is 0.301 e. The lowest BCUT2D eigenvalue weighted by Gasteiger charge is -2.10. The summed E-state index contributed by atoms with van der Waals surface area (Å²) in [5.74, 6) is 0.948. The lowest BCUT2D eigenvalue weighted by molar-refractivity contribution is -0.388. The molecule has 0 aliphatic carbocycles.